The molecule has 0 aliphatic carbocycles. The number of benzene rings is 1. The third-order valence-electron chi connectivity index (χ3n) is 6.27. The molecule has 1 heterocycles. The summed E-state index contributed by atoms with van der Waals surface area (Å²) in [5, 5.41) is 17.6. The lowest BCUT2D eigenvalue weighted by Gasteiger charge is -2.28. The molecule has 0 aliphatic heterocycles. The number of nitrogens with two attached hydrogens (primary N) is 1. The van der Waals surface area contributed by atoms with E-state index in [2.05, 4.69) is 25.9 Å². The Kier molecular flexibility index (Phi) is 11.3. The number of aromatic nitrogens is 2. The van der Waals surface area contributed by atoms with Gasteiger partial charge in [-0.3, -0.25) is 14.4 Å². The molecule has 2 aromatic rings. The molecule has 0 saturated carbocycles. The number of carboxylic acid groups (broad SMARTS) is 1. The molecule has 5 atom stereocenters. The molecule has 202 valence electrons. The minimum Gasteiger partial charge on any atom is -0.480 e. The molecule has 7 N–H and O–H groups in total. The van der Waals surface area contributed by atoms with E-state index in [9.17, 15) is 24.3 Å². The highest BCUT2D eigenvalue weighted by Crippen LogP contribution is 2.11. The Morgan fingerprint density at radius 1 is 0.946 bits per heavy atom. The summed E-state index contributed by atoms with van der Waals surface area (Å²) in [6.45, 7) is 7.10. The molecule has 3 amide bonds. The minimum absolute atomic E-state index is 0.142. The van der Waals surface area contributed by atoms with Gasteiger partial charge >= 0.3 is 5.97 Å². The maximum atomic E-state index is 13.3. The molecule has 11 heteroatoms. The van der Waals surface area contributed by atoms with Gasteiger partial charge in [0.05, 0.1) is 12.4 Å². The van der Waals surface area contributed by atoms with Crippen LogP contribution in [0.1, 0.15) is 45.4 Å². The van der Waals surface area contributed by atoms with E-state index in [4.69, 9.17) is 5.73 Å². The molecule has 0 bridgehead atoms. The SMILES string of the molecule is CCC(C)C(NC(=O)C(Cc1ccccc1)NC(=O)C(NC(=O)C(N)Cc1cnc[nH]1)C(C)C)C(=O)O. The van der Waals surface area contributed by atoms with Gasteiger partial charge < -0.3 is 31.8 Å². The second-order valence-corrected chi connectivity index (χ2v) is 9.58. The van der Waals surface area contributed by atoms with Crippen molar-refractivity contribution in [1.82, 2.24) is 25.9 Å². The normalized spacial score (nSPS) is 15.2. The van der Waals surface area contributed by atoms with Gasteiger partial charge in [0.15, 0.2) is 0 Å². The van der Waals surface area contributed by atoms with Crippen LogP contribution < -0.4 is 21.7 Å². The van der Waals surface area contributed by atoms with Crippen molar-refractivity contribution in [3.8, 4) is 0 Å². The largest absolute Gasteiger partial charge is 0.480 e. The lowest BCUT2D eigenvalue weighted by molar-refractivity contribution is -0.143. The van der Waals surface area contributed by atoms with Crippen LogP contribution in [0.5, 0.6) is 0 Å². The summed E-state index contributed by atoms with van der Waals surface area (Å²) in [7, 11) is 0. The summed E-state index contributed by atoms with van der Waals surface area (Å²) in [5.41, 5.74) is 7.49. The Morgan fingerprint density at radius 2 is 1.59 bits per heavy atom. The fourth-order valence-electron chi connectivity index (χ4n) is 3.78. The molecule has 0 saturated heterocycles. The molecule has 5 unspecified atom stereocenters. The first kappa shape index (κ1) is 29.5. The Bertz CT molecular complexity index is 1030. The highest BCUT2D eigenvalue weighted by atomic mass is 16.4. The number of imidazole rings is 1. The van der Waals surface area contributed by atoms with Gasteiger partial charge in [-0.25, -0.2) is 9.78 Å². The highest BCUT2D eigenvalue weighted by molar-refractivity contribution is 5.94. The average Bonchev–Trinajstić information content (AvgIpc) is 3.37. The van der Waals surface area contributed by atoms with Crippen LogP contribution in [-0.4, -0.2) is 62.9 Å². The van der Waals surface area contributed by atoms with Crippen LogP contribution >= 0.6 is 0 Å². The van der Waals surface area contributed by atoms with Crippen LogP contribution in [-0.2, 0) is 32.0 Å². The van der Waals surface area contributed by atoms with Crippen molar-refractivity contribution in [2.75, 3.05) is 0 Å². The molecule has 37 heavy (non-hydrogen) atoms. The molecule has 0 radical (unpaired) electrons. The van der Waals surface area contributed by atoms with Gasteiger partial charge in [-0.05, 0) is 17.4 Å². The summed E-state index contributed by atoms with van der Waals surface area (Å²) in [6, 6.07) is 5.04. The first-order valence-corrected chi connectivity index (χ1v) is 12.4. The average molecular weight is 515 g/mol. The topological polar surface area (TPSA) is 179 Å². The number of hydrogen-bond donors (Lipinski definition) is 6. The molecule has 11 nitrogen and oxygen atoms in total. The van der Waals surface area contributed by atoms with Crippen LogP contribution in [0, 0.1) is 11.8 Å². The van der Waals surface area contributed by atoms with Gasteiger partial charge in [0.25, 0.3) is 0 Å². The molecule has 0 fully saturated rings. The number of hydrogen-bond acceptors (Lipinski definition) is 6. The number of carbonyl (C=O) groups excluding carboxylic acids is 3. The summed E-state index contributed by atoms with van der Waals surface area (Å²) >= 11 is 0. The smallest absolute Gasteiger partial charge is 0.326 e. The number of aliphatic carboxylic acids is 1. The lowest BCUT2D eigenvalue weighted by atomic mass is 9.97. The van der Waals surface area contributed by atoms with Crippen molar-refractivity contribution in [3.05, 3.63) is 54.1 Å². The van der Waals surface area contributed by atoms with Gasteiger partial charge in [0, 0.05) is 24.7 Å². The standard InChI is InChI=1S/C26H38N6O5/c1-5-16(4)22(26(36)37)32-24(34)20(11-17-9-7-6-8-10-17)30-25(35)21(15(2)3)31-23(33)19(27)12-18-13-28-14-29-18/h6-10,13-16,19-22H,5,11-12,27H2,1-4H3,(H,28,29)(H,30,35)(H,31,33)(H,32,34)(H,36,37). The summed E-state index contributed by atoms with van der Waals surface area (Å²) < 4.78 is 0. The van der Waals surface area contributed by atoms with Gasteiger partial charge in [-0.1, -0.05) is 64.4 Å². The molecule has 2 rings (SSSR count). The van der Waals surface area contributed by atoms with E-state index < -0.39 is 47.9 Å². The predicted octanol–water partition coefficient (Wildman–Crippen LogP) is 0.763. The quantitative estimate of drug-likeness (QED) is 0.215. The van der Waals surface area contributed by atoms with Crippen molar-refractivity contribution >= 4 is 23.7 Å². The van der Waals surface area contributed by atoms with Gasteiger partial charge in [-0.15, -0.1) is 0 Å². The van der Waals surface area contributed by atoms with Crippen LogP contribution in [0.2, 0.25) is 0 Å². The second kappa shape index (κ2) is 14.1. The molecular formula is C26H38N6O5. The monoisotopic (exact) mass is 514 g/mol. The zero-order chi connectivity index (χ0) is 27.5. The van der Waals surface area contributed by atoms with Crippen molar-refractivity contribution in [1.29, 1.82) is 0 Å². The lowest BCUT2D eigenvalue weighted by Crippen LogP contribution is -2.59. The van der Waals surface area contributed by atoms with E-state index in [1.54, 1.807) is 27.0 Å². The molecule has 0 aliphatic rings. The molecule has 0 spiro atoms. The number of carbonyl (C=O) groups is 4. The van der Waals surface area contributed by atoms with Crippen LogP contribution in [0.15, 0.2) is 42.9 Å². The fourth-order valence-corrected chi connectivity index (χ4v) is 3.78. The number of rotatable bonds is 14. The summed E-state index contributed by atoms with van der Waals surface area (Å²) in [6.07, 6.45) is 3.95. The maximum Gasteiger partial charge on any atom is 0.326 e. The van der Waals surface area contributed by atoms with E-state index in [0.717, 1.165) is 5.56 Å². The zero-order valence-electron chi connectivity index (χ0n) is 21.7. The van der Waals surface area contributed by atoms with E-state index in [0.29, 0.717) is 12.1 Å². The van der Waals surface area contributed by atoms with Crippen LogP contribution in [0.3, 0.4) is 0 Å². The Hall–Kier alpha value is -3.73. The summed E-state index contributed by atoms with van der Waals surface area (Å²) in [5.74, 6) is -3.47. The van der Waals surface area contributed by atoms with Gasteiger partial charge in [0.1, 0.15) is 18.1 Å². The van der Waals surface area contributed by atoms with Gasteiger partial charge in [-0.2, -0.15) is 0 Å². The van der Waals surface area contributed by atoms with Crippen LogP contribution in [0.25, 0.3) is 0 Å². The second-order valence-electron chi connectivity index (χ2n) is 9.58. The van der Waals surface area contributed by atoms with E-state index in [1.807, 2.05) is 37.3 Å². The zero-order valence-corrected chi connectivity index (χ0v) is 21.7. The third-order valence-corrected chi connectivity index (χ3v) is 6.27. The predicted molar refractivity (Wildman–Crippen MR) is 138 cm³/mol. The minimum atomic E-state index is -1.15. The van der Waals surface area contributed by atoms with E-state index in [-0.39, 0.29) is 24.7 Å². The number of nitrogens with zero attached hydrogens (tertiary/aromatic N) is 1. The third kappa shape index (κ3) is 9.02. The van der Waals surface area contributed by atoms with Gasteiger partial charge in [0.2, 0.25) is 17.7 Å². The first-order valence-electron chi connectivity index (χ1n) is 12.4. The van der Waals surface area contributed by atoms with Crippen molar-refractivity contribution < 1.29 is 24.3 Å². The first-order chi connectivity index (χ1) is 17.5. The number of aromatic amines is 1. The Morgan fingerprint density at radius 3 is 2.14 bits per heavy atom. The number of carboxylic acids is 1. The number of amides is 3. The van der Waals surface area contributed by atoms with Crippen molar-refractivity contribution in [2.45, 2.75) is 71.1 Å². The van der Waals surface area contributed by atoms with Crippen molar-refractivity contribution in [3.63, 3.8) is 0 Å². The molecule has 1 aromatic carbocycles. The Balaban J connectivity index is 2.18. The van der Waals surface area contributed by atoms with E-state index >= 15 is 0 Å². The Labute approximate surface area is 217 Å². The van der Waals surface area contributed by atoms with Crippen molar-refractivity contribution in [2.24, 2.45) is 17.6 Å². The van der Waals surface area contributed by atoms with E-state index in [1.165, 1.54) is 6.33 Å². The fraction of sp³-hybridized carbons (Fsp3) is 0.500. The highest BCUT2D eigenvalue weighted by Gasteiger charge is 2.33. The molecular weight excluding hydrogens is 476 g/mol. The van der Waals surface area contributed by atoms with Crippen LogP contribution in [0.4, 0.5) is 0 Å². The number of H-pyrrole nitrogens is 1. The maximum absolute atomic E-state index is 13.3. The number of nitrogens with one attached hydrogen (secondary N) is 4. The molecule has 1 aromatic heterocycles. The summed E-state index contributed by atoms with van der Waals surface area (Å²) in [4.78, 5) is 57.8.